The second-order valence-corrected chi connectivity index (χ2v) is 6.76. The van der Waals surface area contributed by atoms with Gasteiger partial charge in [0.15, 0.2) is 0 Å². The number of hydrogen-bond acceptors (Lipinski definition) is 4. The van der Waals surface area contributed by atoms with E-state index in [2.05, 4.69) is 5.32 Å². The first-order valence-corrected chi connectivity index (χ1v) is 9.14. The van der Waals surface area contributed by atoms with Gasteiger partial charge in [-0.25, -0.2) is 0 Å². The molecule has 0 aromatic heterocycles. The summed E-state index contributed by atoms with van der Waals surface area (Å²) in [5, 5.41) is 3.37. The highest BCUT2D eigenvalue weighted by Gasteiger charge is 2.25. The summed E-state index contributed by atoms with van der Waals surface area (Å²) in [5.74, 6) is 0.342. The Morgan fingerprint density at radius 3 is 2.44 bits per heavy atom. The maximum absolute atomic E-state index is 12.8. The molecule has 1 heterocycles. The zero-order valence-corrected chi connectivity index (χ0v) is 15.9. The molecule has 0 unspecified atom stereocenters. The zero-order valence-electron chi connectivity index (χ0n) is 15.2. The number of para-hydroxylation sites is 1. The van der Waals surface area contributed by atoms with E-state index >= 15 is 0 Å². The summed E-state index contributed by atoms with van der Waals surface area (Å²) in [6, 6.07) is 14.4. The minimum atomic E-state index is -0.109. The predicted molar refractivity (Wildman–Crippen MR) is 105 cm³/mol. The summed E-state index contributed by atoms with van der Waals surface area (Å²) >= 11 is 6.02. The van der Waals surface area contributed by atoms with Gasteiger partial charge in [0, 0.05) is 36.9 Å². The summed E-state index contributed by atoms with van der Waals surface area (Å²) in [7, 11) is 1.53. The largest absolute Gasteiger partial charge is 0.496 e. The van der Waals surface area contributed by atoms with Gasteiger partial charge in [-0.05, 0) is 30.3 Å². The molecule has 1 saturated heterocycles. The molecule has 1 aliphatic rings. The Morgan fingerprint density at radius 1 is 1.07 bits per heavy atom. The average Bonchev–Trinajstić information content (AvgIpc) is 2.68. The van der Waals surface area contributed by atoms with Gasteiger partial charge in [-0.15, -0.1) is 0 Å². The van der Waals surface area contributed by atoms with E-state index in [1.165, 1.54) is 7.11 Å². The molecule has 2 amide bonds. The van der Waals surface area contributed by atoms with Crippen molar-refractivity contribution in [3.63, 3.8) is 0 Å². The third-order valence-electron chi connectivity index (χ3n) is 4.48. The smallest absolute Gasteiger partial charge is 0.257 e. The monoisotopic (exact) mass is 387 g/mol. The average molecular weight is 388 g/mol. The van der Waals surface area contributed by atoms with Crippen molar-refractivity contribution in [2.45, 2.75) is 0 Å². The van der Waals surface area contributed by atoms with Gasteiger partial charge >= 0.3 is 0 Å². The minimum Gasteiger partial charge on any atom is -0.496 e. The van der Waals surface area contributed by atoms with Crippen LogP contribution < -0.4 is 10.1 Å². The maximum atomic E-state index is 12.8. The molecule has 0 bridgehead atoms. The highest BCUT2D eigenvalue weighted by molar-refractivity contribution is 6.31. The summed E-state index contributed by atoms with van der Waals surface area (Å²) in [6.07, 6.45) is 0. The van der Waals surface area contributed by atoms with Crippen LogP contribution in [0.4, 0.5) is 5.69 Å². The predicted octanol–water partition coefficient (Wildman–Crippen LogP) is 2.75. The topological polar surface area (TPSA) is 61.9 Å². The number of halogens is 1. The molecule has 1 fully saturated rings. The number of carbonyl (C=O) groups is 2. The number of amides is 2. The number of rotatable bonds is 5. The molecule has 0 radical (unpaired) electrons. The lowest BCUT2D eigenvalue weighted by Crippen LogP contribution is -2.50. The molecule has 6 nitrogen and oxygen atoms in total. The zero-order chi connectivity index (χ0) is 19.2. The second-order valence-electron chi connectivity index (χ2n) is 6.33. The fraction of sp³-hybridized carbons (Fsp3) is 0.300. The third-order valence-corrected chi connectivity index (χ3v) is 4.71. The van der Waals surface area contributed by atoms with E-state index < -0.39 is 0 Å². The van der Waals surface area contributed by atoms with E-state index in [1.807, 2.05) is 35.2 Å². The number of carbonyl (C=O) groups excluding carboxylic acids is 2. The number of benzene rings is 2. The van der Waals surface area contributed by atoms with Crippen LogP contribution in [0.2, 0.25) is 5.02 Å². The summed E-state index contributed by atoms with van der Waals surface area (Å²) in [4.78, 5) is 28.8. The quantitative estimate of drug-likeness (QED) is 0.856. The minimum absolute atomic E-state index is 0.0579. The van der Waals surface area contributed by atoms with Crippen LogP contribution in [-0.2, 0) is 4.79 Å². The fourth-order valence-electron chi connectivity index (χ4n) is 3.05. The van der Waals surface area contributed by atoms with Crippen molar-refractivity contribution >= 4 is 29.1 Å². The van der Waals surface area contributed by atoms with Crippen molar-refractivity contribution in [1.29, 1.82) is 0 Å². The Hall–Kier alpha value is -2.57. The molecular weight excluding hydrogens is 366 g/mol. The normalized spacial score (nSPS) is 14.7. The van der Waals surface area contributed by atoms with Crippen LogP contribution in [0.3, 0.4) is 0 Å². The molecule has 1 aliphatic heterocycles. The van der Waals surface area contributed by atoms with Gasteiger partial charge < -0.3 is 15.0 Å². The molecule has 7 heteroatoms. The van der Waals surface area contributed by atoms with Gasteiger partial charge in [0.05, 0.1) is 19.2 Å². The fourth-order valence-corrected chi connectivity index (χ4v) is 3.22. The van der Waals surface area contributed by atoms with Crippen molar-refractivity contribution in [2.75, 3.05) is 45.2 Å². The van der Waals surface area contributed by atoms with Gasteiger partial charge in [-0.3, -0.25) is 14.5 Å². The maximum Gasteiger partial charge on any atom is 0.257 e. The molecule has 0 aliphatic carbocycles. The molecule has 1 N–H and O–H groups in total. The van der Waals surface area contributed by atoms with Gasteiger partial charge in [0.2, 0.25) is 5.91 Å². The molecule has 0 saturated carbocycles. The molecular formula is C20H22ClN3O3. The highest BCUT2D eigenvalue weighted by Crippen LogP contribution is 2.24. The highest BCUT2D eigenvalue weighted by atomic mass is 35.5. The van der Waals surface area contributed by atoms with Gasteiger partial charge in [0.1, 0.15) is 5.75 Å². The van der Waals surface area contributed by atoms with Crippen LogP contribution in [-0.4, -0.2) is 61.4 Å². The van der Waals surface area contributed by atoms with Crippen molar-refractivity contribution < 1.29 is 14.3 Å². The standard InChI is InChI=1S/C20H22ClN3O3/c1-27-18-8-7-15(21)13-17(18)20(26)24-11-9-23(10-12-24)14-19(25)22-16-5-3-2-4-6-16/h2-8,13H,9-12,14H2,1H3,(H,22,25). The molecule has 0 atom stereocenters. The SMILES string of the molecule is COc1ccc(Cl)cc1C(=O)N1CCN(CC(=O)Nc2ccccc2)CC1. The molecule has 27 heavy (non-hydrogen) atoms. The third kappa shape index (κ3) is 4.99. The number of ether oxygens (including phenoxy) is 1. The number of anilines is 1. The summed E-state index contributed by atoms with van der Waals surface area (Å²) in [6.45, 7) is 2.67. The summed E-state index contributed by atoms with van der Waals surface area (Å²) < 4.78 is 5.27. The van der Waals surface area contributed by atoms with E-state index in [1.54, 1.807) is 23.1 Å². The van der Waals surface area contributed by atoms with Crippen molar-refractivity contribution in [3.05, 3.63) is 59.1 Å². The van der Waals surface area contributed by atoms with E-state index in [4.69, 9.17) is 16.3 Å². The first-order valence-electron chi connectivity index (χ1n) is 8.77. The van der Waals surface area contributed by atoms with Crippen molar-refractivity contribution in [1.82, 2.24) is 9.80 Å². The Bertz CT molecular complexity index is 805. The van der Waals surface area contributed by atoms with E-state index in [0.29, 0.717) is 49.1 Å². The van der Waals surface area contributed by atoms with Crippen molar-refractivity contribution in [3.8, 4) is 5.75 Å². The number of nitrogens with one attached hydrogen (secondary N) is 1. The van der Waals surface area contributed by atoms with Gasteiger partial charge in [0.25, 0.3) is 5.91 Å². The number of methoxy groups -OCH3 is 1. The lowest BCUT2D eigenvalue weighted by atomic mass is 10.1. The first kappa shape index (κ1) is 19.2. The van der Waals surface area contributed by atoms with Crippen LogP contribution in [0.25, 0.3) is 0 Å². The Kier molecular flexibility index (Phi) is 6.32. The number of piperazine rings is 1. The molecule has 0 spiro atoms. The molecule has 3 rings (SSSR count). The van der Waals surface area contributed by atoms with Gasteiger partial charge in [-0.2, -0.15) is 0 Å². The van der Waals surface area contributed by atoms with Crippen LogP contribution in [0.5, 0.6) is 5.75 Å². The molecule has 2 aromatic carbocycles. The van der Waals surface area contributed by atoms with Gasteiger partial charge in [-0.1, -0.05) is 29.8 Å². The second kappa shape index (κ2) is 8.88. The van der Waals surface area contributed by atoms with Crippen LogP contribution in [0.1, 0.15) is 10.4 Å². The lowest BCUT2D eigenvalue weighted by molar-refractivity contribution is -0.117. The summed E-state index contributed by atoms with van der Waals surface area (Å²) in [5.41, 5.74) is 1.24. The van der Waals surface area contributed by atoms with E-state index in [0.717, 1.165) is 5.69 Å². The Morgan fingerprint density at radius 2 is 1.78 bits per heavy atom. The van der Waals surface area contributed by atoms with Crippen LogP contribution in [0, 0.1) is 0 Å². The molecule has 142 valence electrons. The van der Waals surface area contributed by atoms with Crippen molar-refractivity contribution in [2.24, 2.45) is 0 Å². The number of nitrogens with zero attached hydrogens (tertiary/aromatic N) is 2. The first-order chi connectivity index (χ1) is 13.1. The number of hydrogen-bond donors (Lipinski definition) is 1. The van der Waals surface area contributed by atoms with E-state index in [9.17, 15) is 9.59 Å². The molecule has 2 aromatic rings. The van der Waals surface area contributed by atoms with Crippen LogP contribution in [0.15, 0.2) is 48.5 Å². The Labute approximate surface area is 163 Å². The van der Waals surface area contributed by atoms with E-state index in [-0.39, 0.29) is 11.8 Å². The lowest BCUT2D eigenvalue weighted by Gasteiger charge is -2.34. The Balaban J connectivity index is 1.53. The van der Waals surface area contributed by atoms with Crippen LogP contribution >= 0.6 is 11.6 Å².